The molecular formula is C12H12O. The molecule has 1 aliphatic rings. The molecule has 0 saturated carbocycles. The second-order valence-electron chi connectivity index (χ2n) is 3.48. The number of benzene rings is 1. The van der Waals surface area contributed by atoms with Gasteiger partial charge in [0.25, 0.3) is 0 Å². The van der Waals surface area contributed by atoms with Gasteiger partial charge in [-0.3, -0.25) is 4.79 Å². The minimum atomic E-state index is 0.209. The van der Waals surface area contributed by atoms with Crippen LogP contribution in [0.1, 0.15) is 28.4 Å². The van der Waals surface area contributed by atoms with Crippen molar-refractivity contribution >= 4 is 5.78 Å². The molecule has 13 heavy (non-hydrogen) atoms. The maximum atomic E-state index is 11.7. The number of hydrogen-bond donors (Lipinski definition) is 0. The molecule has 0 unspecified atom stereocenters. The number of hydrogen-bond acceptors (Lipinski definition) is 1. The molecule has 0 N–H and O–H groups in total. The Kier molecular flexibility index (Phi) is 1.80. The van der Waals surface area contributed by atoms with E-state index in [0.29, 0.717) is 0 Å². The highest BCUT2D eigenvalue weighted by Crippen LogP contribution is 2.26. The summed E-state index contributed by atoms with van der Waals surface area (Å²) in [5.74, 6) is 0.209. The zero-order valence-electron chi connectivity index (χ0n) is 7.92. The van der Waals surface area contributed by atoms with Crippen molar-refractivity contribution in [2.75, 3.05) is 0 Å². The molecule has 1 aromatic rings. The van der Waals surface area contributed by atoms with Gasteiger partial charge in [-0.05, 0) is 25.5 Å². The van der Waals surface area contributed by atoms with Crippen LogP contribution in [0.3, 0.4) is 0 Å². The Hall–Kier alpha value is -1.37. The molecule has 0 aliphatic heterocycles. The number of rotatable bonds is 0. The third-order valence-corrected chi connectivity index (χ3v) is 2.53. The van der Waals surface area contributed by atoms with Crippen LogP contribution in [0.2, 0.25) is 0 Å². The second-order valence-corrected chi connectivity index (χ2v) is 3.48. The van der Waals surface area contributed by atoms with E-state index in [1.165, 1.54) is 5.56 Å². The quantitative estimate of drug-likeness (QED) is 0.550. The van der Waals surface area contributed by atoms with Gasteiger partial charge in [-0.15, -0.1) is 0 Å². The Morgan fingerprint density at radius 2 is 2.15 bits per heavy atom. The highest BCUT2D eigenvalue weighted by molar-refractivity contribution is 6.13. The van der Waals surface area contributed by atoms with E-state index >= 15 is 0 Å². The Morgan fingerprint density at radius 3 is 2.85 bits per heavy atom. The Balaban J connectivity index is 2.57. The summed E-state index contributed by atoms with van der Waals surface area (Å²) in [6.45, 7) is 3.94. The topological polar surface area (TPSA) is 17.1 Å². The molecule has 0 heterocycles. The molecule has 0 bridgehead atoms. The van der Waals surface area contributed by atoms with Crippen molar-refractivity contribution in [2.45, 2.75) is 20.3 Å². The normalized spacial score (nSPS) is 18.0. The highest BCUT2D eigenvalue weighted by Gasteiger charge is 2.23. The van der Waals surface area contributed by atoms with Crippen LogP contribution in [0.15, 0.2) is 29.8 Å². The van der Waals surface area contributed by atoms with Gasteiger partial charge in [-0.1, -0.05) is 23.8 Å². The Morgan fingerprint density at radius 1 is 1.38 bits per heavy atom. The van der Waals surface area contributed by atoms with Crippen molar-refractivity contribution < 1.29 is 4.79 Å². The van der Waals surface area contributed by atoms with E-state index in [1.54, 1.807) is 0 Å². The second kappa shape index (κ2) is 2.84. The molecule has 0 fully saturated rings. The van der Waals surface area contributed by atoms with Crippen LogP contribution in [0.5, 0.6) is 0 Å². The first kappa shape index (κ1) is 8.24. The van der Waals surface area contributed by atoms with Gasteiger partial charge in [0.05, 0.1) is 0 Å². The Labute approximate surface area is 78.1 Å². The average Bonchev–Trinajstić information content (AvgIpc) is 2.44. The number of allylic oxidation sites excluding steroid dienone is 2. The SMILES string of the molecule is C/C=C1\Cc2ccc(C)cc2C1=O. The standard InChI is InChI=1S/C12H12O/c1-3-9-7-10-5-4-8(2)6-11(10)12(9)13/h3-6H,7H2,1-2H3/b9-3+. The predicted molar refractivity (Wildman–Crippen MR) is 53.0 cm³/mol. The first-order valence-electron chi connectivity index (χ1n) is 4.52. The molecule has 2 rings (SSSR count). The van der Waals surface area contributed by atoms with Crippen LogP contribution < -0.4 is 0 Å². The summed E-state index contributed by atoms with van der Waals surface area (Å²) >= 11 is 0. The number of ketones is 1. The summed E-state index contributed by atoms with van der Waals surface area (Å²) in [5, 5.41) is 0. The van der Waals surface area contributed by atoms with E-state index in [-0.39, 0.29) is 5.78 Å². The number of carbonyl (C=O) groups is 1. The first-order chi connectivity index (χ1) is 6.22. The van der Waals surface area contributed by atoms with E-state index in [9.17, 15) is 4.79 Å². The summed E-state index contributed by atoms with van der Waals surface area (Å²) < 4.78 is 0. The van der Waals surface area contributed by atoms with Crippen molar-refractivity contribution in [3.8, 4) is 0 Å². The van der Waals surface area contributed by atoms with E-state index in [0.717, 1.165) is 23.1 Å². The van der Waals surface area contributed by atoms with Crippen LogP contribution in [-0.4, -0.2) is 5.78 Å². The van der Waals surface area contributed by atoms with E-state index in [4.69, 9.17) is 0 Å². The maximum Gasteiger partial charge on any atom is 0.189 e. The van der Waals surface area contributed by atoms with Gasteiger partial charge in [0, 0.05) is 17.6 Å². The van der Waals surface area contributed by atoms with Gasteiger partial charge in [0.1, 0.15) is 0 Å². The van der Waals surface area contributed by atoms with Gasteiger partial charge in [0.15, 0.2) is 5.78 Å². The Bertz CT molecular complexity index is 400. The minimum Gasteiger partial charge on any atom is -0.289 e. The first-order valence-corrected chi connectivity index (χ1v) is 4.52. The lowest BCUT2D eigenvalue weighted by Crippen LogP contribution is -1.94. The van der Waals surface area contributed by atoms with Crippen LogP contribution in [0, 0.1) is 6.92 Å². The lowest BCUT2D eigenvalue weighted by Gasteiger charge is -1.96. The van der Waals surface area contributed by atoms with Crippen molar-refractivity contribution in [1.82, 2.24) is 0 Å². The van der Waals surface area contributed by atoms with Gasteiger partial charge in [0.2, 0.25) is 0 Å². The fraction of sp³-hybridized carbons (Fsp3) is 0.250. The van der Waals surface area contributed by atoms with Gasteiger partial charge in [-0.25, -0.2) is 0 Å². The molecule has 0 atom stereocenters. The van der Waals surface area contributed by atoms with Crippen molar-refractivity contribution in [3.63, 3.8) is 0 Å². The number of fused-ring (bicyclic) bond motifs is 1. The maximum absolute atomic E-state index is 11.7. The lowest BCUT2D eigenvalue weighted by molar-refractivity contribution is 0.103. The molecule has 1 aliphatic carbocycles. The van der Waals surface area contributed by atoms with Gasteiger partial charge < -0.3 is 0 Å². The minimum absolute atomic E-state index is 0.209. The molecule has 0 saturated heterocycles. The summed E-state index contributed by atoms with van der Waals surface area (Å²) in [5.41, 5.74) is 4.15. The van der Waals surface area contributed by atoms with Crippen LogP contribution >= 0.6 is 0 Å². The number of Topliss-reactive ketones (excluding diaryl/α,β-unsaturated/α-hetero) is 1. The van der Waals surface area contributed by atoms with Crippen molar-refractivity contribution in [2.24, 2.45) is 0 Å². The van der Waals surface area contributed by atoms with E-state index in [1.807, 2.05) is 26.0 Å². The zero-order chi connectivity index (χ0) is 9.42. The fourth-order valence-electron chi connectivity index (χ4n) is 1.75. The largest absolute Gasteiger partial charge is 0.289 e. The molecule has 0 amide bonds. The molecule has 0 aromatic heterocycles. The third-order valence-electron chi connectivity index (χ3n) is 2.53. The molecular weight excluding hydrogens is 160 g/mol. The van der Waals surface area contributed by atoms with Crippen molar-refractivity contribution in [3.05, 3.63) is 46.5 Å². The smallest absolute Gasteiger partial charge is 0.189 e. The summed E-state index contributed by atoms with van der Waals surface area (Å²) in [6, 6.07) is 6.10. The molecule has 1 nitrogen and oxygen atoms in total. The average molecular weight is 172 g/mol. The highest BCUT2D eigenvalue weighted by atomic mass is 16.1. The summed E-state index contributed by atoms with van der Waals surface area (Å²) in [4.78, 5) is 11.7. The number of carbonyl (C=O) groups excluding carboxylic acids is 1. The zero-order valence-corrected chi connectivity index (χ0v) is 7.92. The van der Waals surface area contributed by atoms with Crippen LogP contribution in [0.25, 0.3) is 0 Å². The summed E-state index contributed by atoms with van der Waals surface area (Å²) in [6.07, 6.45) is 2.72. The van der Waals surface area contributed by atoms with Crippen LogP contribution in [0.4, 0.5) is 0 Å². The van der Waals surface area contributed by atoms with E-state index in [2.05, 4.69) is 12.1 Å². The number of aryl methyl sites for hydroxylation is 1. The fourth-order valence-corrected chi connectivity index (χ4v) is 1.75. The predicted octanol–water partition coefficient (Wildman–Crippen LogP) is 2.68. The third kappa shape index (κ3) is 1.21. The summed E-state index contributed by atoms with van der Waals surface area (Å²) in [7, 11) is 0. The molecule has 66 valence electrons. The molecule has 1 aromatic carbocycles. The molecule has 0 spiro atoms. The molecule has 1 heteroatoms. The monoisotopic (exact) mass is 172 g/mol. The lowest BCUT2D eigenvalue weighted by atomic mass is 10.1. The van der Waals surface area contributed by atoms with Gasteiger partial charge >= 0.3 is 0 Å². The molecule has 0 radical (unpaired) electrons. The van der Waals surface area contributed by atoms with Crippen LogP contribution in [-0.2, 0) is 6.42 Å². The van der Waals surface area contributed by atoms with E-state index < -0.39 is 0 Å². The van der Waals surface area contributed by atoms with Gasteiger partial charge in [-0.2, -0.15) is 0 Å². The van der Waals surface area contributed by atoms with Crippen molar-refractivity contribution in [1.29, 1.82) is 0 Å².